The molecule has 0 unspecified atom stereocenters. The number of hydrogen-bond acceptors (Lipinski definition) is 14. The molecule has 2 rings (SSSR count). The molecule has 7 atom stereocenters. The van der Waals surface area contributed by atoms with Gasteiger partial charge in [-0.15, -0.1) is 0 Å². The summed E-state index contributed by atoms with van der Waals surface area (Å²) in [4.78, 5) is 156. The van der Waals surface area contributed by atoms with Crippen LogP contribution in [0.2, 0.25) is 0 Å². The van der Waals surface area contributed by atoms with E-state index in [9.17, 15) is 62.6 Å². The highest BCUT2D eigenvalue weighted by Crippen LogP contribution is 2.17. The van der Waals surface area contributed by atoms with Gasteiger partial charge < -0.3 is 74.8 Å². The van der Waals surface area contributed by atoms with Crippen LogP contribution >= 0.6 is 0 Å². The van der Waals surface area contributed by atoms with Crippen molar-refractivity contribution in [2.24, 2.45) is 23.1 Å². The van der Waals surface area contributed by atoms with Gasteiger partial charge in [-0.3, -0.25) is 57.5 Å². The fourth-order valence-electron chi connectivity index (χ4n) is 6.58. The van der Waals surface area contributed by atoms with Crippen LogP contribution in [-0.2, 0) is 64.0 Å². The first-order valence-corrected chi connectivity index (χ1v) is 21.5. The van der Waals surface area contributed by atoms with Crippen LogP contribution in [-0.4, -0.2) is 149 Å². The molecule has 1 heterocycles. The number of carbonyl (C=O) groups is 12. The number of likely N-dealkylation sites (N-methyl/N-ethyl adjacent to an activating group) is 1. The molecule has 1 saturated heterocycles. The smallest absolute Gasteiger partial charge is 0.303 e. The van der Waals surface area contributed by atoms with E-state index < -0.39 is 178 Å². The Kier molecular flexibility index (Phi) is 22.9. The number of nitrogens with two attached hydrogens (primary N) is 3. The minimum Gasteiger partial charge on any atom is -0.508 e. The third-order valence-electron chi connectivity index (χ3n) is 10.5. The second-order valence-corrected chi connectivity index (χ2v) is 16.1. The van der Waals surface area contributed by atoms with E-state index in [1.807, 2.05) is 0 Å². The summed E-state index contributed by atoms with van der Waals surface area (Å²) < 4.78 is 0. The zero-order valence-corrected chi connectivity index (χ0v) is 38.0. The summed E-state index contributed by atoms with van der Waals surface area (Å²) in [6.07, 6.45) is -3.29. The molecule has 0 spiro atoms. The monoisotopic (exact) mass is 958 g/mol. The van der Waals surface area contributed by atoms with Crippen LogP contribution in [0.5, 0.6) is 5.75 Å². The number of phenolic OH excluding ortho intramolecular Hbond substituents is 1. The number of primary amides is 3. The summed E-state index contributed by atoms with van der Waals surface area (Å²) >= 11 is 0. The summed E-state index contributed by atoms with van der Waals surface area (Å²) in [7, 11) is 1.10. The number of phenols is 1. The molecule has 26 nitrogen and oxygen atoms in total. The highest BCUT2D eigenvalue weighted by atomic mass is 16.4. The van der Waals surface area contributed by atoms with E-state index in [4.69, 9.17) is 22.3 Å². The normalized spacial score (nSPS) is 20.8. The maximum atomic E-state index is 14.1. The van der Waals surface area contributed by atoms with Gasteiger partial charge in [0.05, 0.1) is 32.1 Å². The van der Waals surface area contributed by atoms with Crippen LogP contribution in [0.25, 0.3) is 0 Å². The second kappa shape index (κ2) is 27.6. The average Bonchev–Trinajstić information content (AvgIpc) is 3.26. The number of aromatic hydroxyl groups is 1. The number of carboxylic acids is 1. The molecule has 0 aliphatic carbocycles. The van der Waals surface area contributed by atoms with E-state index in [0.29, 0.717) is 12.0 Å². The molecule has 1 fully saturated rings. The van der Waals surface area contributed by atoms with Crippen molar-refractivity contribution in [3.05, 3.63) is 42.1 Å². The largest absolute Gasteiger partial charge is 0.508 e. The highest BCUT2D eigenvalue weighted by molar-refractivity contribution is 5.98. The van der Waals surface area contributed by atoms with E-state index in [1.165, 1.54) is 12.1 Å². The Morgan fingerprint density at radius 2 is 1.46 bits per heavy atom. The number of aliphatic carboxylic acids is 1. The first-order chi connectivity index (χ1) is 31.9. The van der Waals surface area contributed by atoms with Crippen molar-refractivity contribution in [2.45, 2.75) is 108 Å². The SMILES string of the molecule is C=C1N[C@@H]([C@@H](C)CC)C(=O)N[C@@H](CCC(N)=O)C(=O)N[C@@H](CC(N)=O)C(=O)N[C@H](C(=O)N(C)CC(=O)N[C@@H](CCC(=O)O)C(=O)NCC(N)=O)CCC(=O)NCC(=O)N[C@H]1Cc1ccc(O)cc1. The van der Waals surface area contributed by atoms with Crippen molar-refractivity contribution >= 4 is 70.9 Å². The van der Waals surface area contributed by atoms with Gasteiger partial charge in [0.15, 0.2) is 0 Å². The van der Waals surface area contributed by atoms with Crippen molar-refractivity contribution in [3.63, 3.8) is 0 Å². The zero-order chi connectivity index (χ0) is 51.2. The van der Waals surface area contributed by atoms with Gasteiger partial charge in [0.1, 0.15) is 36.0 Å². The van der Waals surface area contributed by atoms with Gasteiger partial charge in [0.25, 0.3) is 0 Å². The molecule has 0 bridgehead atoms. The highest BCUT2D eigenvalue weighted by Gasteiger charge is 2.35. The maximum Gasteiger partial charge on any atom is 0.303 e. The Balaban J connectivity index is 2.59. The molecule has 0 saturated carbocycles. The summed E-state index contributed by atoms with van der Waals surface area (Å²) in [5.41, 5.74) is 16.6. The molecule has 1 aromatic carbocycles. The third kappa shape index (κ3) is 20.2. The maximum absolute atomic E-state index is 14.1. The van der Waals surface area contributed by atoms with Crippen molar-refractivity contribution in [1.29, 1.82) is 0 Å². The molecule has 1 aliphatic rings. The Labute approximate surface area is 391 Å². The van der Waals surface area contributed by atoms with Crippen molar-refractivity contribution in [2.75, 3.05) is 26.7 Å². The number of hydrogen-bond donors (Lipinski definition) is 13. The predicted molar refractivity (Wildman–Crippen MR) is 238 cm³/mol. The number of carboxylic acid groups (broad SMARTS) is 1. The van der Waals surface area contributed by atoms with Crippen LogP contribution in [0.3, 0.4) is 0 Å². The number of nitrogens with zero attached hydrogens (tertiary/aromatic N) is 1. The van der Waals surface area contributed by atoms with E-state index >= 15 is 0 Å². The molecule has 0 radical (unpaired) electrons. The summed E-state index contributed by atoms with van der Waals surface area (Å²) in [5.74, 6) is -12.3. The van der Waals surface area contributed by atoms with E-state index in [0.717, 1.165) is 11.9 Å². The summed E-state index contributed by atoms with van der Waals surface area (Å²) in [5, 5.41) is 38.8. The lowest BCUT2D eigenvalue weighted by atomic mass is 9.95. The molecule has 0 aromatic heterocycles. The number of amides is 11. The predicted octanol–water partition coefficient (Wildman–Crippen LogP) is -5.15. The van der Waals surface area contributed by atoms with Crippen molar-refractivity contribution in [3.8, 4) is 5.75 Å². The Hall–Kier alpha value is -7.80. The van der Waals surface area contributed by atoms with E-state index in [2.05, 4.69) is 49.1 Å². The van der Waals surface area contributed by atoms with Crippen LogP contribution in [0.4, 0.5) is 0 Å². The topological polar surface area (TPSA) is 423 Å². The van der Waals surface area contributed by atoms with Gasteiger partial charge in [-0.25, -0.2) is 0 Å². The van der Waals surface area contributed by atoms with Gasteiger partial charge in [0.2, 0.25) is 65.0 Å². The minimum atomic E-state index is -1.84. The quantitative estimate of drug-likeness (QED) is 0.0617. The molecular weight excluding hydrogens is 897 g/mol. The lowest BCUT2D eigenvalue weighted by Crippen LogP contribution is -2.60. The van der Waals surface area contributed by atoms with E-state index in [-0.39, 0.29) is 17.9 Å². The molecule has 11 amide bonds. The minimum absolute atomic E-state index is 0.0255. The molecule has 374 valence electrons. The Morgan fingerprint density at radius 1 is 0.824 bits per heavy atom. The van der Waals surface area contributed by atoms with Crippen LogP contribution in [0, 0.1) is 5.92 Å². The van der Waals surface area contributed by atoms with Crippen LogP contribution in [0.15, 0.2) is 36.5 Å². The van der Waals surface area contributed by atoms with Gasteiger partial charge in [-0.1, -0.05) is 39.0 Å². The van der Waals surface area contributed by atoms with Crippen molar-refractivity contribution in [1.82, 2.24) is 47.4 Å². The number of carbonyl (C=O) groups excluding carboxylic acids is 11. The van der Waals surface area contributed by atoms with Gasteiger partial charge in [0, 0.05) is 32.0 Å². The Morgan fingerprint density at radius 3 is 2.04 bits per heavy atom. The summed E-state index contributed by atoms with van der Waals surface area (Å²) in [6.45, 7) is 5.50. The third-order valence-corrected chi connectivity index (χ3v) is 10.5. The van der Waals surface area contributed by atoms with Gasteiger partial charge in [-0.05, 0) is 49.3 Å². The van der Waals surface area contributed by atoms with Crippen LogP contribution in [0.1, 0.15) is 70.8 Å². The standard InChI is InChI=1S/C42H62N12O14/c1-5-21(2)37-41(67)51-26(10-13-30(43)56)39(65)53-29(17-31(44)57)40(66)52-27(42(68)54(4)20-35(61)49-25(12-15-36(62)63)38(64)47-18-32(45)58)11-14-33(59)46-19-34(60)50-28(22(3)48-37)16-23-6-8-24(55)9-7-23/h6-9,21,25-29,37,48,55H,3,5,10-20H2,1-2,4H3,(H2,43,56)(H2,44,57)(H2,45,58)(H,46,59)(H,47,64)(H,49,61)(H,50,60)(H,51,67)(H,52,66)(H,53,65)(H,62,63)/t21-,25-,26-,27-,28-,29-,37-/m0/s1. The molecule has 16 N–H and O–H groups in total. The molecule has 26 heteroatoms. The first kappa shape index (κ1) is 56.3. The number of benzene rings is 1. The molecule has 1 aliphatic heterocycles. The number of rotatable bonds is 19. The molecule has 1 aromatic rings. The van der Waals surface area contributed by atoms with Gasteiger partial charge in [-0.2, -0.15) is 0 Å². The fraction of sp³-hybridized carbons (Fsp3) is 0.524. The lowest BCUT2D eigenvalue weighted by molar-refractivity contribution is -0.140. The van der Waals surface area contributed by atoms with E-state index in [1.54, 1.807) is 26.0 Å². The van der Waals surface area contributed by atoms with Crippen LogP contribution < -0.4 is 59.7 Å². The summed E-state index contributed by atoms with van der Waals surface area (Å²) in [6, 6.07) is -2.66. The zero-order valence-electron chi connectivity index (χ0n) is 38.0. The van der Waals surface area contributed by atoms with Crippen molar-refractivity contribution < 1.29 is 67.7 Å². The second-order valence-electron chi connectivity index (χ2n) is 16.1. The fourth-order valence-corrected chi connectivity index (χ4v) is 6.58. The van der Waals surface area contributed by atoms with Gasteiger partial charge >= 0.3 is 5.97 Å². The Bertz CT molecular complexity index is 2070. The molecule has 68 heavy (non-hydrogen) atoms. The average molecular weight is 959 g/mol. The lowest BCUT2D eigenvalue weighted by Gasteiger charge is -2.31. The number of nitrogens with one attached hydrogen (secondary N) is 8. The first-order valence-electron chi connectivity index (χ1n) is 21.5. The molecular formula is C42H62N12O14.